The van der Waals surface area contributed by atoms with E-state index in [0.29, 0.717) is 43.8 Å². The lowest BCUT2D eigenvalue weighted by molar-refractivity contribution is 1.55. The van der Waals surface area contributed by atoms with Crippen molar-refractivity contribution in [1.29, 1.82) is 0 Å². The van der Waals surface area contributed by atoms with Crippen molar-refractivity contribution in [3.8, 4) is 22.3 Å². The van der Waals surface area contributed by atoms with Gasteiger partial charge in [0.25, 0.3) is 0 Å². The second-order valence-electron chi connectivity index (χ2n) is 11.3. The first-order valence-corrected chi connectivity index (χ1v) is 14.2. The standard InChI is InChI=1S/C32H9B14N/c33-19-14(21(35)23(37)18-17(19)26(40)31(45)32(46)27(18)41)10-3-7-12(8-4-10)47-11-5-1-9(2-6-11)13-15-16(24(38)28(42)20(13)34)25(39)30(44)29(43)22(15)36/h1-8,47H. The second kappa shape index (κ2) is 12.2. The molecular weight excluding hydrogens is 550 g/mol. The fourth-order valence-corrected chi connectivity index (χ4v) is 6.06. The minimum absolute atomic E-state index is 0.120. The smallest absolute Gasteiger partial charge is 0.115 e. The van der Waals surface area contributed by atoms with Crippen molar-refractivity contribution >= 4 is 219 Å². The molecule has 1 nitrogen and oxygen atoms in total. The van der Waals surface area contributed by atoms with Crippen molar-refractivity contribution in [2.45, 2.75) is 0 Å². The van der Waals surface area contributed by atoms with Crippen LogP contribution in [-0.2, 0) is 0 Å². The fraction of sp³-hybridized carbons (Fsp3) is 0. The summed E-state index contributed by atoms with van der Waals surface area (Å²) in [5, 5.41) is 4.98. The zero-order valence-corrected chi connectivity index (χ0v) is 25.2. The van der Waals surface area contributed by atoms with E-state index in [9.17, 15) is 0 Å². The highest BCUT2D eigenvalue weighted by molar-refractivity contribution is 6.73. The van der Waals surface area contributed by atoms with Crippen LogP contribution in [0.15, 0.2) is 48.5 Å². The molecule has 28 radical (unpaired) electrons. The van der Waals surface area contributed by atoms with Gasteiger partial charge in [0.2, 0.25) is 0 Å². The van der Waals surface area contributed by atoms with Gasteiger partial charge in [0, 0.05) is 11.4 Å². The maximum absolute atomic E-state index is 6.59. The average molecular weight is 559 g/mol. The van der Waals surface area contributed by atoms with Crippen molar-refractivity contribution < 1.29 is 0 Å². The van der Waals surface area contributed by atoms with Gasteiger partial charge in [-0.15, -0.1) is 27.3 Å². The first kappa shape index (κ1) is 33.5. The summed E-state index contributed by atoms with van der Waals surface area (Å²) in [6.07, 6.45) is 0. The molecule has 1 N–H and O–H groups in total. The summed E-state index contributed by atoms with van der Waals surface area (Å²) >= 11 is 0. The van der Waals surface area contributed by atoms with Gasteiger partial charge in [-0.2, -0.15) is 0 Å². The number of anilines is 2. The SMILES string of the molecule is [B]c1c([B])c([B])c2c([B])c(-c3ccc(Nc4ccc(-c5c([B])c([B])c([B])c6c([B])c([B])c([B])c([B])c56)cc4)cc3)c([B])c([B])c2c1[B]. The molecule has 0 heterocycles. The van der Waals surface area contributed by atoms with Crippen LogP contribution in [0.1, 0.15) is 0 Å². The Morgan fingerprint density at radius 2 is 0.532 bits per heavy atom. The summed E-state index contributed by atoms with van der Waals surface area (Å²) in [5.74, 6) is 0. The van der Waals surface area contributed by atoms with Crippen LogP contribution < -0.4 is 81.8 Å². The molecule has 0 aliphatic rings. The predicted molar refractivity (Wildman–Crippen MR) is 217 cm³/mol. The van der Waals surface area contributed by atoms with E-state index in [1.54, 1.807) is 0 Å². The van der Waals surface area contributed by atoms with E-state index >= 15 is 0 Å². The quantitative estimate of drug-likeness (QED) is 0.212. The molecule has 6 aromatic rings. The Kier molecular flexibility index (Phi) is 8.69. The van der Waals surface area contributed by atoms with Gasteiger partial charge in [0.1, 0.15) is 110 Å². The maximum atomic E-state index is 6.59. The van der Waals surface area contributed by atoms with Gasteiger partial charge in [0.15, 0.2) is 0 Å². The molecule has 184 valence electrons. The van der Waals surface area contributed by atoms with Gasteiger partial charge >= 0.3 is 0 Å². The summed E-state index contributed by atoms with van der Waals surface area (Å²) in [5.41, 5.74) is 6.51. The van der Waals surface area contributed by atoms with Crippen LogP contribution >= 0.6 is 0 Å². The van der Waals surface area contributed by atoms with Gasteiger partial charge in [-0.1, -0.05) is 73.4 Å². The van der Waals surface area contributed by atoms with Crippen LogP contribution in [0.3, 0.4) is 0 Å². The summed E-state index contributed by atoms with van der Waals surface area (Å²) in [6, 6.07) is 14.9. The molecule has 0 bridgehead atoms. The fourth-order valence-electron chi connectivity index (χ4n) is 6.06. The predicted octanol–water partition coefficient (Wildman–Crippen LogP) is -7.82. The Bertz CT molecular complexity index is 2290. The van der Waals surface area contributed by atoms with Crippen molar-refractivity contribution in [2.75, 3.05) is 5.32 Å². The van der Waals surface area contributed by atoms with E-state index in [1.807, 2.05) is 48.5 Å². The highest BCUT2D eigenvalue weighted by atomic mass is 14.9. The van der Waals surface area contributed by atoms with Crippen LogP contribution in [-0.4, -0.2) is 110 Å². The van der Waals surface area contributed by atoms with Crippen molar-refractivity contribution in [3.63, 3.8) is 0 Å². The molecule has 0 aromatic heterocycles. The molecule has 6 rings (SSSR count). The van der Waals surface area contributed by atoms with E-state index < -0.39 is 0 Å². The van der Waals surface area contributed by atoms with Crippen molar-refractivity contribution in [2.24, 2.45) is 0 Å². The molecule has 0 spiro atoms. The molecule has 0 unspecified atom stereocenters. The van der Waals surface area contributed by atoms with Crippen LogP contribution in [0.25, 0.3) is 43.8 Å². The van der Waals surface area contributed by atoms with Crippen molar-refractivity contribution in [3.05, 3.63) is 48.5 Å². The lowest BCUT2D eigenvalue weighted by atomic mass is 9.58. The van der Waals surface area contributed by atoms with Gasteiger partial charge in [-0.3, -0.25) is 0 Å². The third-order valence-electron chi connectivity index (χ3n) is 8.69. The zero-order chi connectivity index (χ0) is 34.2. The molecule has 47 heavy (non-hydrogen) atoms. The molecular formula is C32H9B14N. The van der Waals surface area contributed by atoms with E-state index in [1.165, 1.54) is 0 Å². The first-order valence-electron chi connectivity index (χ1n) is 14.2. The van der Waals surface area contributed by atoms with Gasteiger partial charge < -0.3 is 5.32 Å². The molecule has 0 amide bonds. The van der Waals surface area contributed by atoms with Gasteiger partial charge in [0.05, 0.1) is 0 Å². The number of hydrogen-bond acceptors (Lipinski definition) is 1. The Hall–Kier alpha value is -3.45. The number of rotatable bonds is 4. The minimum atomic E-state index is 0.120. The lowest BCUT2D eigenvalue weighted by Crippen LogP contribution is -2.52. The topological polar surface area (TPSA) is 12.0 Å². The van der Waals surface area contributed by atoms with Crippen LogP contribution in [0.2, 0.25) is 0 Å². The molecule has 0 saturated carbocycles. The third kappa shape index (κ3) is 5.15. The van der Waals surface area contributed by atoms with E-state index in [2.05, 4.69) is 5.32 Å². The highest BCUT2D eigenvalue weighted by Gasteiger charge is 2.19. The first-order chi connectivity index (χ1) is 22.2. The normalized spacial score (nSPS) is 11.3. The number of fused-ring (bicyclic) bond motifs is 2. The Balaban J connectivity index is 1.36. The maximum Gasteiger partial charge on any atom is 0.115 e. The van der Waals surface area contributed by atoms with E-state index in [-0.39, 0.29) is 76.5 Å². The monoisotopic (exact) mass is 561 g/mol. The summed E-state index contributed by atoms with van der Waals surface area (Å²) in [4.78, 5) is 0. The minimum Gasteiger partial charge on any atom is -0.356 e. The molecule has 0 fully saturated rings. The van der Waals surface area contributed by atoms with Crippen molar-refractivity contribution in [1.82, 2.24) is 0 Å². The van der Waals surface area contributed by atoms with Gasteiger partial charge in [-0.25, -0.2) is 0 Å². The van der Waals surface area contributed by atoms with Crippen LogP contribution in [0, 0.1) is 0 Å². The molecule has 0 aliphatic carbocycles. The largest absolute Gasteiger partial charge is 0.356 e. The Morgan fingerprint density at radius 3 is 0.957 bits per heavy atom. The van der Waals surface area contributed by atoms with Crippen LogP contribution in [0.5, 0.6) is 0 Å². The molecule has 15 heteroatoms. The zero-order valence-electron chi connectivity index (χ0n) is 25.2. The molecule has 6 aromatic carbocycles. The van der Waals surface area contributed by atoms with E-state index in [0.717, 1.165) is 11.4 Å². The number of hydrogen-bond donors (Lipinski definition) is 1. The molecule has 0 aliphatic heterocycles. The number of nitrogens with one attached hydrogen (secondary N) is 1. The summed E-state index contributed by atoms with van der Waals surface area (Å²) in [7, 11) is 88.2. The molecule has 0 saturated heterocycles. The third-order valence-corrected chi connectivity index (χ3v) is 8.69. The van der Waals surface area contributed by atoms with Gasteiger partial charge in [-0.05, 0) is 68.1 Å². The van der Waals surface area contributed by atoms with Crippen LogP contribution in [0.4, 0.5) is 11.4 Å². The number of benzene rings is 6. The lowest BCUT2D eigenvalue weighted by Gasteiger charge is -2.25. The van der Waals surface area contributed by atoms with E-state index in [4.69, 9.17) is 110 Å². The Labute approximate surface area is 294 Å². The highest BCUT2D eigenvalue weighted by Crippen LogP contribution is 2.27. The molecule has 0 atom stereocenters. The Morgan fingerprint density at radius 1 is 0.255 bits per heavy atom. The summed E-state index contributed by atoms with van der Waals surface area (Å²) in [6.45, 7) is 0. The summed E-state index contributed by atoms with van der Waals surface area (Å²) < 4.78 is 0. The average Bonchev–Trinajstić information content (AvgIpc) is 3.06. The second-order valence-corrected chi connectivity index (χ2v) is 11.3.